The van der Waals surface area contributed by atoms with Crippen molar-refractivity contribution in [3.63, 3.8) is 0 Å². The van der Waals surface area contributed by atoms with Gasteiger partial charge in [0, 0.05) is 4.90 Å². The molecule has 0 amide bonds. The third kappa shape index (κ3) is 2.62. The zero-order chi connectivity index (χ0) is 10.7. The van der Waals surface area contributed by atoms with E-state index in [0.29, 0.717) is 0 Å². The SMILES string of the molecule is O=C1OCC(C(F)Sc2ccccc2)O1. The van der Waals surface area contributed by atoms with Gasteiger partial charge in [0.25, 0.3) is 0 Å². The first-order valence-electron chi connectivity index (χ1n) is 4.45. The molecule has 1 aliphatic heterocycles. The van der Waals surface area contributed by atoms with Gasteiger partial charge in [-0.1, -0.05) is 30.0 Å². The topological polar surface area (TPSA) is 35.5 Å². The van der Waals surface area contributed by atoms with E-state index in [-0.39, 0.29) is 6.61 Å². The summed E-state index contributed by atoms with van der Waals surface area (Å²) in [5.74, 6) is 0. The number of ether oxygens (including phenoxy) is 2. The fourth-order valence-electron chi connectivity index (χ4n) is 1.18. The lowest BCUT2D eigenvalue weighted by atomic mass is 10.4. The molecule has 2 atom stereocenters. The van der Waals surface area contributed by atoms with E-state index in [1.54, 1.807) is 12.1 Å². The number of halogens is 1. The fourth-order valence-corrected chi connectivity index (χ4v) is 2.04. The summed E-state index contributed by atoms with van der Waals surface area (Å²) in [5, 5.41) is 0. The predicted octanol–water partition coefficient (Wildman–Crippen LogP) is 2.61. The zero-order valence-corrected chi connectivity index (χ0v) is 8.58. The maximum atomic E-state index is 13.6. The second kappa shape index (κ2) is 4.53. The third-order valence-electron chi connectivity index (χ3n) is 1.90. The molecule has 1 aliphatic rings. The molecule has 15 heavy (non-hydrogen) atoms. The van der Waals surface area contributed by atoms with E-state index in [1.807, 2.05) is 18.2 Å². The molecule has 1 fully saturated rings. The van der Waals surface area contributed by atoms with Crippen LogP contribution >= 0.6 is 11.8 Å². The van der Waals surface area contributed by atoms with Gasteiger partial charge in [0.2, 0.25) is 0 Å². The monoisotopic (exact) mass is 228 g/mol. The Hall–Kier alpha value is -1.23. The van der Waals surface area contributed by atoms with Gasteiger partial charge in [-0.15, -0.1) is 0 Å². The van der Waals surface area contributed by atoms with Crippen LogP contribution in [0.4, 0.5) is 9.18 Å². The zero-order valence-electron chi connectivity index (χ0n) is 7.76. The lowest BCUT2D eigenvalue weighted by molar-refractivity contribution is 0.104. The van der Waals surface area contributed by atoms with Gasteiger partial charge in [-0.05, 0) is 12.1 Å². The number of carbonyl (C=O) groups excluding carboxylic acids is 1. The van der Waals surface area contributed by atoms with Crippen LogP contribution in [0.3, 0.4) is 0 Å². The Bertz CT molecular complexity index is 344. The molecule has 3 nitrogen and oxygen atoms in total. The standard InChI is InChI=1S/C10H9FO3S/c11-9(8-6-13-10(12)14-8)15-7-4-2-1-3-5-7/h1-5,8-9H,6H2. The van der Waals surface area contributed by atoms with E-state index in [1.165, 1.54) is 0 Å². The van der Waals surface area contributed by atoms with Crippen molar-refractivity contribution in [3.05, 3.63) is 30.3 Å². The van der Waals surface area contributed by atoms with Crippen molar-refractivity contribution in [3.8, 4) is 0 Å². The number of hydrogen-bond donors (Lipinski definition) is 0. The highest BCUT2D eigenvalue weighted by Gasteiger charge is 2.33. The van der Waals surface area contributed by atoms with Crippen molar-refractivity contribution < 1.29 is 18.7 Å². The highest BCUT2D eigenvalue weighted by atomic mass is 32.2. The van der Waals surface area contributed by atoms with Gasteiger partial charge >= 0.3 is 6.16 Å². The molecule has 0 radical (unpaired) electrons. The summed E-state index contributed by atoms with van der Waals surface area (Å²) in [4.78, 5) is 11.4. The van der Waals surface area contributed by atoms with E-state index in [9.17, 15) is 9.18 Å². The smallest absolute Gasteiger partial charge is 0.430 e. The second-order valence-corrected chi connectivity index (χ2v) is 4.16. The molecule has 0 aromatic heterocycles. The van der Waals surface area contributed by atoms with Crippen LogP contribution in [0, 0.1) is 0 Å². The maximum absolute atomic E-state index is 13.6. The summed E-state index contributed by atoms with van der Waals surface area (Å²) >= 11 is 1.02. The van der Waals surface area contributed by atoms with Crippen LogP contribution < -0.4 is 0 Å². The molecule has 0 saturated carbocycles. The van der Waals surface area contributed by atoms with Gasteiger partial charge in [0.15, 0.2) is 11.6 Å². The molecule has 1 saturated heterocycles. The number of rotatable bonds is 3. The molecule has 80 valence electrons. The Balaban J connectivity index is 1.92. The van der Waals surface area contributed by atoms with E-state index in [0.717, 1.165) is 16.7 Å². The largest absolute Gasteiger partial charge is 0.508 e. The molecule has 0 aliphatic carbocycles. The predicted molar refractivity (Wildman–Crippen MR) is 53.4 cm³/mol. The first-order valence-corrected chi connectivity index (χ1v) is 5.33. The van der Waals surface area contributed by atoms with Gasteiger partial charge in [0.1, 0.15) is 6.61 Å². The number of cyclic esters (lactones) is 2. The highest BCUT2D eigenvalue weighted by Crippen LogP contribution is 2.29. The molecule has 2 unspecified atom stereocenters. The summed E-state index contributed by atoms with van der Waals surface area (Å²) in [6.07, 6.45) is -1.60. The summed E-state index contributed by atoms with van der Waals surface area (Å²) in [5.41, 5.74) is -1.29. The Morgan fingerprint density at radius 3 is 2.73 bits per heavy atom. The molecule has 0 spiro atoms. The lowest BCUT2D eigenvalue weighted by Crippen LogP contribution is -2.21. The number of carbonyl (C=O) groups is 1. The lowest BCUT2D eigenvalue weighted by Gasteiger charge is -2.11. The number of hydrogen-bond acceptors (Lipinski definition) is 4. The summed E-state index contributed by atoms with van der Waals surface area (Å²) in [6, 6.07) is 9.11. The average molecular weight is 228 g/mol. The van der Waals surface area contributed by atoms with Crippen LogP contribution in [-0.4, -0.2) is 24.4 Å². The first kappa shape index (κ1) is 10.3. The van der Waals surface area contributed by atoms with Gasteiger partial charge in [-0.25, -0.2) is 9.18 Å². The fraction of sp³-hybridized carbons (Fsp3) is 0.300. The minimum Gasteiger partial charge on any atom is -0.430 e. The summed E-state index contributed by atoms with van der Waals surface area (Å²) < 4.78 is 22.7. The van der Waals surface area contributed by atoms with Gasteiger partial charge in [-0.2, -0.15) is 0 Å². The minimum atomic E-state index is -1.29. The van der Waals surface area contributed by atoms with Crippen molar-refractivity contribution >= 4 is 17.9 Å². The van der Waals surface area contributed by atoms with Gasteiger partial charge in [0.05, 0.1) is 0 Å². The number of alkyl halides is 1. The van der Waals surface area contributed by atoms with Crippen LogP contribution in [0.1, 0.15) is 0 Å². The quantitative estimate of drug-likeness (QED) is 0.588. The third-order valence-corrected chi connectivity index (χ3v) is 2.97. The Morgan fingerprint density at radius 2 is 2.13 bits per heavy atom. The molecule has 2 rings (SSSR count). The minimum absolute atomic E-state index is 0.0141. The second-order valence-electron chi connectivity index (χ2n) is 3.00. The molecule has 1 heterocycles. The van der Waals surface area contributed by atoms with Crippen LogP contribution in [-0.2, 0) is 9.47 Å². The van der Waals surface area contributed by atoms with Crippen molar-refractivity contribution in [1.82, 2.24) is 0 Å². The number of benzene rings is 1. The van der Waals surface area contributed by atoms with E-state index >= 15 is 0 Å². The van der Waals surface area contributed by atoms with Crippen molar-refractivity contribution in [2.75, 3.05) is 6.61 Å². The maximum Gasteiger partial charge on any atom is 0.508 e. The van der Waals surface area contributed by atoms with E-state index < -0.39 is 17.8 Å². The van der Waals surface area contributed by atoms with E-state index in [4.69, 9.17) is 0 Å². The molecule has 0 N–H and O–H groups in total. The Morgan fingerprint density at radius 1 is 1.40 bits per heavy atom. The molecule has 5 heteroatoms. The molecular weight excluding hydrogens is 219 g/mol. The van der Waals surface area contributed by atoms with E-state index in [2.05, 4.69) is 9.47 Å². The van der Waals surface area contributed by atoms with Crippen LogP contribution in [0.25, 0.3) is 0 Å². The van der Waals surface area contributed by atoms with Crippen molar-refractivity contribution in [1.29, 1.82) is 0 Å². The highest BCUT2D eigenvalue weighted by molar-refractivity contribution is 7.99. The molecular formula is C10H9FO3S. The first-order chi connectivity index (χ1) is 7.25. The van der Waals surface area contributed by atoms with Gasteiger partial charge < -0.3 is 9.47 Å². The van der Waals surface area contributed by atoms with Crippen LogP contribution in [0.2, 0.25) is 0 Å². The average Bonchev–Trinajstić information content (AvgIpc) is 2.66. The number of thioether (sulfide) groups is 1. The van der Waals surface area contributed by atoms with Gasteiger partial charge in [-0.3, -0.25) is 0 Å². The molecule has 1 aromatic carbocycles. The van der Waals surface area contributed by atoms with Crippen molar-refractivity contribution in [2.45, 2.75) is 16.5 Å². The van der Waals surface area contributed by atoms with Crippen LogP contribution in [0.15, 0.2) is 35.2 Å². The summed E-state index contributed by atoms with van der Waals surface area (Å²) in [6.45, 7) is -0.0141. The Kier molecular flexibility index (Phi) is 3.11. The normalized spacial score (nSPS) is 21.9. The Labute approximate surface area is 90.6 Å². The summed E-state index contributed by atoms with van der Waals surface area (Å²) in [7, 11) is 0. The molecule has 1 aromatic rings. The van der Waals surface area contributed by atoms with Crippen molar-refractivity contribution in [2.24, 2.45) is 0 Å². The molecule has 0 bridgehead atoms. The van der Waals surface area contributed by atoms with Crippen LogP contribution in [0.5, 0.6) is 0 Å².